The van der Waals surface area contributed by atoms with E-state index in [0.29, 0.717) is 49.1 Å². The molecule has 0 bridgehead atoms. The van der Waals surface area contributed by atoms with Crippen LogP contribution in [-0.4, -0.2) is 43.8 Å². The van der Waals surface area contributed by atoms with E-state index < -0.39 is 5.79 Å². The number of hydrogen-bond acceptors (Lipinski definition) is 5. The SMILES string of the molecule is C[C@]12CC[C@@H]3[C@@H]4C(=O)CCCC5(C[C@@H]4CC[C@H]3C1CCC21OCCO1)OCCO5. The number of carbonyl (C=O) groups is 1. The van der Waals surface area contributed by atoms with Crippen molar-refractivity contribution < 1.29 is 23.7 Å². The molecule has 0 aromatic carbocycles. The first-order chi connectivity index (χ1) is 14.1. The second-order valence-corrected chi connectivity index (χ2v) is 10.9. The predicted molar refractivity (Wildman–Crippen MR) is 106 cm³/mol. The molecule has 5 heteroatoms. The second-order valence-electron chi connectivity index (χ2n) is 10.9. The molecule has 6 atom stereocenters. The van der Waals surface area contributed by atoms with Gasteiger partial charge in [0.25, 0.3) is 0 Å². The van der Waals surface area contributed by atoms with E-state index >= 15 is 0 Å². The molecular formula is C24H36O5. The van der Waals surface area contributed by atoms with Crippen LogP contribution in [0.1, 0.15) is 71.1 Å². The number of rotatable bonds is 0. The lowest BCUT2D eigenvalue weighted by molar-refractivity contribution is -0.244. The van der Waals surface area contributed by atoms with Gasteiger partial charge in [-0.1, -0.05) is 6.92 Å². The number of fused-ring (bicyclic) bond motifs is 6. The van der Waals surface area contributed by atoms with Crippen molar-refractivity contribution in [3.05, 3.63) is 0 Å². The molecule has 0 aromatic rings. The van der Waals surface area contributed by atoms with Crippen LogP contribution in [0.25, 0.3) is 0 Å². The zero-order valence-corrected chi connectivity index (χ0v) is 17.8. The number of hydrogen-bond donors (Lipinski definition) is 0. The molecular weight excluding hydrogens is 368 g/mol. The van der Waals surface area contributed by atoms with E-state index in [-0.39, 0.29) is 17.1 Å². The fraction of sp³-hybridized carbons (Fsp3) is 0.958. The Hall–Kier alpha value is -0.490. The summed E-state index contributed by atoms with van der Waals surface area (Å²) in [6.07, 6.45) is 10.3. The summed E-state index contributed by atoms with van der Waals surface area (Å²) in [5.41, 5.74) is 0.112. The third kappa shape index (κ3) is 2.69. The first-order valence-corrected chi connectivity index (χ1v) is 12.1. The Morgan fingerprint density at radius 2 is 1.59 bits per heavy atom. The molecule has 5 nitrogen and oxygen atoms in total. The Labute approximate surface area is 174 Å². The van der Waals surface area contributed by atoms with E-state index in [4.69, 9.17) is 18.9 Å². The minimum Gasteiger partial charge on any atom is -0.348 e. The Bertz CT molecular complexity index is 664. The highest BCUT2D eigenvalue weighted by Gasteiger charge is 2.66. The summed E-state index contributed by atoms with van der Waals surface area (Å²) in [4.78, 5) is 13.4. The largest absolute Gasteiger partial charge is 0.348 e. The first kappa shape index (κ1) is 19.2. The average molecular weight is 405 g/mol. The van der Waals surface area contributed by atoms with Crippen molar-refractivity contribution in [2.24, 2.45) is 35.0 Å². The molecule has 0 N–H and O–H groups in total. The van der Waals surface area contributed by atoms with Gasteiger partial charge in [0, 0.05) is 37.0 Å². The molecule has 4 aliphatic carbocycles. The lowest BCUT2D eigenvalue weighted by atomic mass is 9.50. The van der Waals surface area contributed by atoms with Crippen LogP contribution in [0, 0.1) is 35.0 Å². The second kappa shape index (κ2) is 6.75. The molecule has 162 valence electrons. The zero-order chi connectivity index (χ0) is 19.7. The molecule has 6 fully saturated rings. The number of Topliss-reactive ketones (excluding diaryl/α,β-unsaturated/α-hetero) is 1. The molecule has 2 aliphatic heterocycles. The van der Waals surface area contributed by atoms with Gasteiger partial charge in [0.2, 0.25) is 0 Å². The van der Waals surface area contributed by atoms with E-state index in [1.165, 1.54) is 12.8 Å². The van der Waals surface area contributed by atoms with Crippen molar-refractivity contribution >= 4 is 5.78 Å². The topological polar surface area (TPSA) is 54.0 Å². The van der Waals surface area contributed by atoms with Crippen molar-refractivity contribution in [3.63, 3.8) is 0 Å². The monoisotopic (exact) mass is 404 g/mol. The Morgan fingerprint density at radius 3 is 2.38 bits per heavy atom. The molecule has 2 heterocycles. The van der Waals surface area contributed by atoms with Gasteiger partial charge in [-0.25, -0.2) is 0 Å². The van der Waals surface area contributed by atoms with E-state index in [1.807, 2.05) is 0 Å². The van der Waals surface area contributed by atoms with Gasteiger partial charge in [0.05, 0.1) is 26.4 Å². The molecule has 0 aromatic heterocycles. The maximum atomic E-state index is 13.4. The van der Waals surface area contributed by atoms with Gasteiger partial charge in [0.15, 0.2) is 11.6 Å². The molecule has 4 saturated carbocycles. The molecule has 2 saturated heterocycles. The minimum absolute atomic E-state index is 0.112. The van der Waals surface area contributed by atoms with Gasteiger partial charge in [0.1, 0.15) is 5.78 Å². The Morgan fingerprint density at radius 1 is 0.828 bits per heavy atom. The van der Waals surface area contributed by atoms with Crippen LogP contribution >= 0.6 is 0 Å². The highest BCUT2D eigenvalue weighted by Crippen LogP contribution is 2.66. The van der Waals surface area contributed by atoms with Crippen LogP contribution in [0.3, 0.4) is 0 Å². The van der Waals surface area contributed by atoms with Gasteiger partial charge in [-0.05, 0) is 62.2 Å². The molecule has 1 unspecified atom stereocenters. The molecule has 29 heavy (non-hydrogen) atoms. The van der Waals surface area contributed by atoms with Crippen LogP contribution in [0.5, 0.6) is 0 Å². The smallest absolute Gasteiger partial charge is 0.174 e. The van der Waals surface area contributed by atoms with Crippen LogP contribution in [0.4, 0.5) is 0 Å². The summed E-state index contributed by atoms with van der Waals surface area (Å²) in [5.74, 6) is 2.24. The summed E-state index contributed by atoms with van der Waals surface area (Å²) < 4.78 is 24.8. The molecule has 0 radical (unpaired) electrons. The van der Waals surface area contributed by atoms with Crippen molar-refractivity contribution in [2.45, 2.75) is 82.7 Å². The average Bonchev–Trinajstić information content (AvgIpc) is 3.42. The summed E-state index contributed by atoms with van der Waals surface area (Å²) >= 11 is 0. The molecule has 6 rings (SSSR count). The molecule has 2 spiro atoms. The number of ether oxygens (including phenoxy) is 4. The van der Waals surface area contributed by atoms with Crippen LogP contribution in [0.15, 0.2) is 0 Å². The molecule has 0 amide bonds. The predicted octanol–water partition coefficient (Wildman–Crippen LogP) is 4.08. The quantitative estimate of drug-likeness (QED) is 0.609. The van der Waals surface area contributed by atoms with Crippen molar-refractivity contribution in [1.29, 1.82) is 0 Å². The normalized spacial score (nSPS) is 48.2. The van der Waals surface area contributed by atoms with E-state index in [9.17, 15) is 4.79 Å². The van der Waals surface area contributed by atoms with Crippen LogP contribution < -0.4 is 0 Å². The molecule has 6 aliphatic rings. The fourth-order valence-electron chi connectivity index (χ4n) is 8.69. The van der Waals surface area contributed by atoms with Crippen LogP contribution in [-0.2, 0) is 23.7 Å². The first-order valence-electron chi connectivity index (χ1n) is 12.1. The van der Waals surface area contributed by atoms with Crippen molar-refractivity contribution in [2.75, 3.05) is 26.4 Å². The lowest BCUT2D eigenvalue weighted by Crippen LogP contribution is -2.55. The van der Waals surface area contributed by atoms with Gasteiger partial charge >= 0.3 is 0 Å². The van der Waals surface area contributed by atoms with E-state index in [0.717, 1.165) is 58.2 Å². The van der Waals surface area contributed by atoms with Crippen LogP contribution in [0.2, 0.25) is 0 Å². The third-order valence-corrected chi connectivity index (χ3v) is 9.87. The Balaban J connectivity index is 1.28. The lowest BCUT2D eigenvalue weighted by Gasteiger charge is -2.56. The summed E-state index contributed by atoms with van der Waals surface area (Å²) in [7, 11) is 0. The Kier molecular flexibility index (Phi) is 4.47. The highest BCUT2D eigenvalue weighted by molar-refractivity contribution is 5.82. The van der Waals surface area contributed by atoms with Gasteiger partial charge < -0.3 is 18.9 Å². The minimum atomic E-state index is -0.400. The summed E-state index contributed by atoms with van der Waals surface area (Å²) in [6, 6.07) is 0. The van der Waals surface area contributed by atoms with Crippen molar-refractivity contribution in [3.8, 4) is 0 Å². The maximum absolute atomic E-state index is 13.4. The maximum Gasteiger partial charge on any atom is 0.174 e. The van der Waals surface area contributed by atoms with Crippen molar-refractivity contribution in [1.82, 2.24) is 0 Å². The van der Waals surface area contributed by atoms with Gasteiger partial charge in [-0.15, -0.1) is 0 Å². The zero-order valence-electron chi connectivity index (χ0n) is 17.8. The summed E-state index contributed by atoms with van der Waals surface area (Å²) in [5, 5.41) is 0. The third-order valence-electron chi connectivity index (χ3n) is 9.87. The standard InChI is InChI=1S/C24H36O5/c1-22-9-6-18-17(19(22)7-10-24(22)28-13-14-29-24)5-4-16-15-23(26-11-12-27-23)8-2-3-20(25)21(16)18/h16-19,21H,2-15H2,1H3/t16-,17+,18-,19?,21+,22-/m0/s1. The highest BCUT2D eigenvalue weighted by atomic mass is 16.7. The number of carbonyl (C=O) groups excluding carboxylic acids is 1. The van der Waals surface area contributed by atoms with Gasteiger partial charge in [-0.3, -0.25) is 4.79 Å². The summed E-state index contributed by atoms with van der Waals surface area (Å²) in [6.45, 7) is 5.32. The number of ketones is 1. The fourth-order valence-corrected chi connectivity index (χ4v) is 8.69. The van der Waals surface area contributed by atoms with E-state index in [2.05, 4.69) is 6.92 Å². The van der Waals surface area contributed by atoms with Gasteiger partial charge in [-0.2, -0.15) is 0 Å². The van der Waals surface area contributed by atoms with E-state index in [1.54, 1.807) is 0 Å².